The summed E-state index contributed by atoms with van der Waals surface area (Å²) in [5, 5.41) is 15.0. The zero-order valence-corrected chi connectivity index (χ0v) is 22.4. The molecule has 39 heavy (non-hydrogen) atoms. The minimum Gasteiger partial charge on any atom is -0.493 e. The molecule has 0 spiro atoms. The summed E-state index contributed by atoms with van der Waals surface area (Å²) < 4.78 is 26.7. The van der Waals surface area contributed by atoms with Gasteiger partial charge in [0.2, 0.25) is 0 Å². The molecule has 2 heterocycles. The number of methoxy groups -OCH3 is 1. The number of hydrogen-bond donors (Lipinski definition) is 2. The quantitative estimate of drug-likeness (QED) is 0.429. The van der Waals surface area contributed by atoms with E-state index in [0.717, 1.165) is 30.5 Å². The van der Waals surface area contributed by atoms with Gasteiger partial charge in [-0.2, -0.15) is 0 Å². The zero-order valence-electron chi connectivity index (χ0n) is 22.4. The molecule has 1 aromatic heterocycles. The van der Waals surface area contributed by atoms with Crippen LogP contribution in [0.25, 0.3) is 11.3 Å². The highest BCUT2D eigenvalue weighted by atomic mass is 19.1. The number of nitrogens with one attached hydrogen (secondary N) is 1. The average molecular weight is 537 g/mol. The van der Waals surface area contributed by atoms with E-state index in [1.165, 1.54) is 12.1 Å². The summed E-state index contributed by atoms with van der Waals surface area (Å²) in [4.78, 5) is 20.6. The van der Waals surface area contributed by atoms with Crippen molar-refractivity contribution in [2.75, 3.05) is 40.0 Å². The molecular weight excluding hydrogens is 499 g/mol. The molecule has 2 fully saturated rings. The van der Waals surface area contributed by atoms with E-state index in [0.29, 0.717) is 50.5 Å². The smallest absolute Gasteiger partial charge is 0.275 e. The predicted molar refractivity (Wildman–Crippen MR) is 146 cm³/mol. The van der Waals surface area contributed by atoms with E-state index >= 15 is 0 Å². The van der Waals surface area contributed by atoms with Gasteiger partial charge in [0.15, 0.2) is 5.69 Å². The molecule has 2 aliphatic rings. The van der Waals surface area contributed by atoms with E-state index in [1.807, 2.05) is 39.8 Å². The van der Waals surface area contributed by atoms with Gasteiger partial charge in [-0.1, -0.05) is 49.2 Å². The van der Waals surface area contributed by atoms with Crippen LogP contribution in [0.5, 0.6) is 5.75 Å². The fraction of sp³-hybridized carbons (Fsp3) is 0.467. The first-order valence-corrected chi connectivity index (χ1v) is 13.7. The van der Waals surface area contributed by atoms with Gasteiger partial charge in [-0.05, 0) is 25.0 Å². The summed E-state index contributed by atoms with van der Waals surface area (Å²) >= 11 is 0. The van der Waals surface area contributed by atoms with Gasteiger partial charge in [0.1, 0.15) is 17.2 Å². The number of nitrogens with zero attached hydrogens (tertiary/aromatic N) is 3. The first-order chi connectivity index (χ1) is 19.0. The number of piperazine rings is 1. The maximum Gasteiger partial charge on any atom is 0.275 e. The molecule has 3 atom stereocenters. The second-order valence-electron chi connectivity index (χ2n) is 10.5. The van der Waals surface area contributed by atoms with Crippen LogP contribution >= 0.6 is 0 Å². The summed E-state index contributed by atoms with van der Waals surface area (Å²) in [6.45, 7) is 2.44. The Bertz CT molecular complexity index is 1250. The topological polar surface area (TPSA) is 88.8 Å². The Morgan fingerprint density at radius 1 is 1.21 bits per heavy atom. The lowest BCUT2D eigenvalue weighted by molar-refractivity contribution is -0.0893. The normalized spacial score (nSPS) is 23.5. The van der Waals surface area contributed by atoms with Gasteiger partial charge in [-0.3, -0.25) is 4.79 Å². The van der Waals surface area contributed by atoms with Gasteiger partial charge >= 0.3 is 0 Å². The molecule has 1 saturated heterocycles. The summed E-state index contributed by atoms with van der Waals surface area (Å²) in [5.41, 5.74) is 0.938. The van der Waals surface area contributed by atoms with Crippen LogP contribution in [-0.4, -0.2) is 77.1 Å². The lowest BCUT2D eigenvalue weighted by atomic mass is 9.80. The molecule has 208 valence electrons. The third-order valence-electron chi connectivity index (χ3n) is 7.86. The number of benzene rings is 2. The van der Waals surface area contributed by atoms with Crippen LogP contribution in [0.15, 0.2) is 60.9 Å². The van der Waals surface area contributed by atoms with Crippen molar-refractivity contribution in [3.05, 3.63) is 72.4 Å². The lowest BCUT2D eigenvalue weighted by Gasteiger charge is -2.41. The van der Waals surface area contributed by atoms with Gasteiger partial charge in [0, 0.05) is 50.8 Å². The highest BCUT2D eigenvalue weighted by Gasteiger charge is 2.42. The van der Waals surface area contributed by atoms with E-state index in [-0.39, 0.29) is 30.4 Å². The number of halogens is 1. The highest BCUT2D eigenvalue weighted by molar-refractivity contribution is 5.98. The van der Waals surface area contributed by atoms with Crippen molar-refractivity contribution >= 4 is 5.91 Å². The molecule has 0 bridgehead atoms. The summed E-state index contributed by atoms with van der Waals surface area (Å²) in [6.07, 6.45) is 5.61. The van der Waals surface area contributed by atoms with Crippen molar-refractivity contribution < 1.29 is 23.8 Å². The summed E-state index contributed by atoms with van der Waals surface area (Å²) in [5.74, 6) is -0.0169. The second-order valence-corrected chi connectivity index (χ2v) is 10.5. The second kappa shape index (κ2) is 12.3. The fourth-order valence-electron chi connectivity index (χ4n) is 5.95. The Morgan fingerprint density at radius 2 is 2.05 bits per heavy atom. The van der Waals surface area contributed by atoms with E-state index in [4.69, 9.17) is 9.47 Å². The third kappa shape index (κ3) is 6.00. The van der Waals surface area contributed by atoms with Crippen LogP contribution in [0, 0.1) is 5.82 Å². The largest absolute Gasteiger partial charge is 0.493 e. The molecule has 0 unspecified atom stereocenters. The number of carbonyl (C=O) groups is 1. The van der Waals surface area contributed by atoms with Crippen LogP contribution in [0.4, 0.5) is 4.39 Å². The molecule has 1 saturated carbocycles. The maximum atomic E-state index is 14.1. The molecule has 1 amide bonds. The molecule has 1 aliphatic carbocycles. The van der Waals surface area contributed by atoms with Gasteiger partial charge in [0.05, 0.1) is 31.3 Å². The minimum atomic E-state index is -1.04. The van der Waals surface area contributed by atoms with Gasteiger partial charge in [-0.25, -0.2) is 9.37 Å². The van der Waals surface area contributed by atoms with Crippen LogP contribution < -0.4 is 10.1 Å². The molecule has 9 heteroatoms. The Kier molecular flexibility index (Phi) is 8.60. The van der Waals surface area contributed by atoms with Crippen molar-refractivity contribution in [3.63, 3.8) is 0 Å². The highest BCUT2D eigenvalue weighted by Crippen LogP contribution is 2.41. The van der Waals surface area contributed by atoms with E-state index < -0.39 is 5.60 Å². The van der Waals surface area contributed by atoms with E-state index in [2.05, 4.69) is 10.3 Å². The number of ether oxygens (including phenoxy) is 2. The molecule has 2 aromatic carbocycles. The number of imidazole rings is 1. The van der Waals surface area contributed by atoms with Gasteiger partial charge < -0.3 is 29.4 Å². The molecule has 3 aromatic rings. The number of aromatic nitrogens is 2. The van der Waals surface area contributed by atoms with Crippen molar-refractivity contribution in [2.45, 2.75) is 49.8 Å². The fourth-order valence-corrected chi connectivity index (χ4v) is 5.95. The number of rotatable bonds is 9. The van der Waals surface area contributed by atoms with Crippen LogP contribution in [0.2, 0.25) is 0 Å². The van der Waals surface area contributed by atoms with Gasteiger partial charge in [-0.15, -0.1) is 0 Å². The Labute approximate surface area is 228 Å². The molecule has 5 rings (SSSR count). The van der Waals surface area contributed by atoms with Crippen molar-refractivity contribution in [3.8, 4) is 17.0 Å². The monoisotopic (exact) mass is 536 g/mol. The minimum absolute atomic E-state index is 0.103. The molecule has 8 nitrogen and oxygen atoms in total. The van der Waals surface area contributed by atoms with Crippen LogP contribution in [0.1, 0.15) is 48.6 Å². The average Bonchev–Trinajstić information content (AvgIpc) is 3.38. The molecule has 0 radical (unpaired) electrons. The predicted octanol–water partition coefficient (Wildman–Crippen LogP) is 4.06. The van der Waals surface area contributed by atoms with Crippen LogP contribution in [0.3, 0.4) is 0 Å². The van der Waals surface area contributed by atoms with Crippen molar-refractivity contribution in [2.24, 2.45) is 0 Å². The Morgan fingerprint density at radius 3 is 2.85 bits per heavy atom. The number of carbonyl (C=O) groups excluding carboxylic acids is 1. The van der Waals surface area contributed by atoms with E-state index in [9.17, 15) is 14.3 Å². The van der Waals surface area contributed by atoms with Crippen molar-refractivity contribution in [1.29, 1.82) is 0 Å². The maximum absolute atomic E-state index is 14.1. The Balaban J connectivity index is 1.42. The first kappa shape index (κ1) is 27.3. The molecular formula is C30H37FN4O4. The SMILES string of the molecule is COC[C@]1(O)CCCC[C@H]1n1cnc(C(=O)N2CCNC[C@H]2CCOc2cccc(F)c2)c1-c1ccccc1. The first-order valence-electron chi connectivity index (χ1n) is 13.7. The number of hydrogen-bond acceptors (Lipinski definition) is 6. The van der Waals surface area contributed by atoms with Crippen molar-refractivity contribution in [1.82, 2.24) is 19.8 Å². The van der Waals surface area contributed by atoms with Crippen LogP contribution in [-0.2, 0) is 4.74 Å². The standard InChI is InChI=1S/C30H37FN4O4/c1-38-20-30(37)14-6-5-12-26(30)35-21-33-27(28(35)22-8-3-2-4-9-22)29(36)34-16-15-32-19-24(34)13-17-39-25-11-7-10-23(31)18-25/h2-4,7-11,18,21,24,26,32,37H,5-6,12-17,19-20H2,1H3/t24-,26-,30-/m1/s1. The summed E-state index contributed by atoms with van der Waals surface area (Å²) in [6, 6.07) is 15.5. The number of amides is 1. The van der Waals surface area contributed by atoms with E-state index in [1.54, 1.807) is 25.6 Å². The molecule has 2 N–H and O–H groups in total. The zero-order chi connectivity index (χ0) is 27.2. The summed E-state index contributed by atoms with van der Waals surface area (Å²) in [7, 11) is 1.60. The third-order valence-corrected chi connectivity index (χ3v) is 7.86. The molecule has 1 aliphatic heterocycles. The lowest BCUT2D eigenvalue weighted by Crippen LogP contribution is -2.54. The number of aliphatic hydroxyl groups is 1. The Hall–Kier alpha value is -3.27. The van der Waals surface area contributed by atoms with Gasteiger partial charge in [0.25, 0.3) is 5.91 Å².